The molecule has 0 bridgehead atoms. The van der Waals surface area contributed by atoms with Crippen molar-refractivity contribution < 1.29 is 0 Å². The van der Waals surface area contributed by atoms with Gasteiger partial charge in [-0.2, -0.15) is 0 Å². The molecule has 0 fully saturated rings. The number of hydrogen-bond donors (Lipinski definition) is 0. The van der Waals surface area contributed by atoms with Crippen molar-refractivity contribution in [2.45, 2.75) is 25.2 Å². The van der Waals surface area contributed by atoms with Gasteiger partial charge in [0.05, 0.1) is 17.3 Å². The molecule has 0 spiro atoms. The van der Waals surface area contributed by atoms with E-state index in [4.69, 9.17) is 9.97 Å². The predicted octanol–water partition coefficient (Wildman–Crippen LogP) is 9.28. The molecular formula is C38H28N2. The third-order valence-corrected chi connectivity index (χ3v) is 8.77. The molecular weight excluding hydrogens is 484 g/mol. The van der Waals surface area contributed by atoms with E-state index in [2.05, 4.69) is 129 Å². The molecule has 5 aromatic carbocycles. The van der Waals surface area contributed by atoms with Crippen LogP contribution in [0.2, 0.25) is 0 Å². The topological polar surface area (TPSA) is 25.8 Å². The van der Waals surface area contributed by atoms with Gasteiger partial charge >= 0.3 is 0 Å². The molecule has 0 N–H and O–H groups in total. The van der Waals surface area contributed by atoms with Crippen LogP contribution >= 0.6 is 0 Å². The van der Waals surface area contributed by atoms with Crippen molar-refractivity contribution in [3.8, 4) is 44.8 Å². The van der Waals surface area contributed by atoms with Gasteiger partial charge in [-0.25, -0.2) is 9.97 Å². The van der Waals surface area contributed by atoms with Gasteiger partial charge in [0.2, 0.25) is 0 Å². The van der Waals surface area contributed by atoms with Gasteiger partial charge in [0.25, 0.3) is 0 Å². The fourth-order valence-electron chi connectivity index (χ4n) is 6.78. The van der Waals surface area contributed by atoms with Crippen molar-refractivity contribution in [2.24, 2.45) is 0 Å². The Morgan fingerprint density at radius 2 is 1.05 bits per heavy atom. The second-order valence-electron chi connectivity index (χ2n) is 11.4. The first-order valence-electron chi connectivity index (χ1n) is 14.0. The molecule has 0 saturated carbocycles. The van der Waals surface area contributed by atoms with E-state index in [0.29, 0.717) is 0 Å². The number of hydrogen-bond acceptors (Lipinski definition) is 2. The van der Waals surface area contributed by atoms with Gasteiger partial charge in [0.15, 0.2) is 0 Å². The highest BCUT2D eigenvalue weighted by atomic mass is 14.9. The molecule has 0 amide bonds. The van der Waals surface area contributed by atoms with Gasteiger partial charge < -0.3 is 0 Å². The van der Waals surface area contributed by atoms with Gasteiger partial charge in [-0.1, -0.05) is 129 Å². The molecule has 8 rings (SSSR count). The Morgan fingerprint density at radius 1 is 0.475 bits per heavy atom. The molecule has 0 saturated heterocycles. The largest absolute Gasteiger partial charge is 0.232 e. The van der Waals surface area contributed by atoms with Crippen LogP contribution in [0.5, 0.6) is 0 Å². The quantitative estimate of drug-likeness (QED) is 0.236. The maximum Gasteiger partial charge on any atom is 0.141 e. The van der Waals surface area contributed by atoms with Crippen molar-refractivity contribution in [3.63, 3.8) is 0 Å². The van der Waals surface area contributed by atoms with Gasteiger partial charge in [-0.05, 0) is 56.6 Å². The molecule has 1 unspecified atom stereocenters. The first-order valence-corrected chi connectivity index (χ1v) is 14.0. The summed E-state index contributed by atoms with van der Waals surface area (Å²) in [4.78, 5) is 10.5. The van der Waals surface area contributed by atoms with E-state index in [0.717, 1.165) is 28.3 Å². The molecule has 0 aliphatic heterocycles. The highest BCUT2D eigenvalue weighted by Gasteiger charge is 2.40. The third-order valence-electron chi connectivity index (χ3n) is 8.77. The Hall–Kier alpha value is -4.82. The summed E-state index contributed by atoms with van der Waals surface area (Å²) < 4.78 is 0. The Morgan fingerprint density at radius 3 is 1.73 bits per heavy atom. The molecule has 1 heterocycles. The summed E-state index contributed by atoms with van der Waals surface area (Å²) in [6.45, 7) is 4.70. The van der Waals surface area contributed by atoms with Gasteiger partial charge in [-0.3, -0.25) is 0 Å². The SMILES string of the molecule is CC1(C)c2ccccc2-c2cc3c(cc21)C(c1nc(-c2ccccc2)cc(-c2ccccc2)n1)c1ccccc1-3. The first-order chi connectivity index (χ1) is 19.6. The Bertz CT molecular complexity index is 1860. The molecule has 2 heteroatoms. The summed E-state index contributed by atoms with van der Waals surface area (Å²) in [6.07, 6.45) is 0. The third kappa shape index (κ3) is 3.36. The zero-order valence-electron chi connectivity index (χ0n) is 22.6. The molecule has 40 heavy (non-hydrogen) atoms. The van der Waals surface area contributed by atoms with Crippen LogP contribution in [0, 0.1) is 0 Å². The normalized spacial score (nSPS) is 15.7. The number of nitrogens with zero attached hydrogens (tertiary/aromatic N) is 2. The molecule has 2 nitrogen and oxygen atoms in total. The van der Waals surface area contributed by atoms with E-state index >= 15 is 0 Å². The maximum atomic E-state index is 5.27. The fourth-order valence-corrected chi connectivity index (χ4v) is 6.78. The minimum absolute atomic E-state index is 0.0397. The molecule has 1 aromatic heterocycles. The summed E-state index contributed by atoms with van der Waals surface area (Å²) in [5, 5.41) is 0. The molecule has 190 valence electrons. The lowest BCUT2D eigenvalue weighted by molar-refractivity contribution is 0.659. The van der Waals surface area contributed by atoms with Crippen LogP contribution in [0.3, 0.4) is 0 Å². The van der Waals surface area contributed by atoms with Crippen LogP contribution in [0.4, 0.5) is 0 Å². The minimum atomic E-state index is -0.0672. The second-order valence-corrected chi connectivity index (χ2v) is 11.4. The van der Waals surface area contributed by atoms with Crippen LogP contribution in [0.1, 0.15) is 47.8 Å². The van der Waals surface area contributed by atoms with E-state index in [-0.39, 0.29) is 11.3 Å². The highest BCUT2D eigenvalue weighted by molar-refractivity contribution is 5.90. The van der Waals surface area contributed by atoms with E-state index in [1.54, 1.807) is 0 Å². The lowest BCUT2D eigenvalue weighted by Crippen LogP contribution is -2.15. The van der Waals surface area contributed by atoms with Gasteiger partial charge in [0, 0.05) is 16.5 Å². The van der Waals surface area contributed by atoms with Gasteiger partial charge in [-0.15, -0.1) is 0 Å². The van der Waals surface area contributed by atoms with Crippen molar-refractivity contribution in [1.82, 2.24) is 9.97 Å². The Labute approximate surface area is 235 Å². The van der Waals surface area contributed by atoms with Crippen LogP contribution in [-0.2, 0) is 5.41 Å². The summed E-state index contributed by atoms with van der Waals surface area (Å²) in [6, 6.07) is 45.6. The minimum Gasteiger partial charge on any atom is -0.232 e. The van der Waals surface area contributed by atoms with E-state index < -0.39 is 0 Å². The zero-order chi connectivity index (χ0) is 26.8. The standard InChI is InChI=1S/C38H28N2/c1-38(2)32-20-12-11-18-27(32)30-21-29-26-17-9-10-19-28(26)36(31(29)22-33(30)38)37-39-34(24-13-5-3-6-14-24)23-35(40-37)25-15-7-4-8-16-25/h3-23,36H,1-2H3. The summed E-state index contributed by atoms with van der Waals surface area (Å²) in [5.41, 5.74) is 14.6. The molecule has 2 aliphatic carbocycles. The summed E-state index contributed by atoms with van der Waals surface area (Å²) >= 11 is 0. The van der Waals surface area contributed by atoms with Crippen LogP contribution in [0.25, 0.3) is 44.8 Å². The predicted molar refractivity (Wildman–Crippen MR) is 163 cm³/mol. The van der Waals surface area contributed by atoms with Crippen molar-refractivity contribution >= 4 is 0 Å². The smallest absolute Gasteiger partial charge is 0.141 e. The molecule has 0 radical (unpaired) electrons. The van der Waals surface area contributed by atoms with Crippen molar-refractivity contribution in [2.75, 3.05) is 0 Å². The maximum absolute atomic E-state index is 5.27. The van der Waals surface area contributed by atoms with Crippen molar-refractivity contribution in [3.05, 3.63) is 155 Å². The average Bonchev–Trinajstić information content (AvgIpc) is 3.45. The Kier molecular flexibility index (Phi) is 4.96. The summed E-state index contributed by atoms with van der Waals surface area (Å²) in [5.74, 6) is 0.807. The average molecular weight is 513 g/mol. The van der Waals surface area contributed by atoms with Crippen LogP contribution in [-0.4, -0.2) is 9.97 Å². The van der Waals surface area contributed by atoms with E-state index in [1.165, 1.54) is 44.5 Å². The monoisotopic (exact) mass is 512 g/mol. The fraction of sp³-hybridized carbons (Fsp3) is 0.105. The molecule has 6 aromatic rings. The van der Waals surface area contributed by atoms with Crippen LogP contribution in [0.15, 0.2) is 127 Å². The van der Waals surface area contributed by atoms with Gasteiger partial charge in [0.1, 0.15) is 5.82 Å². The number of benzene rings is 5. The summed E-state index contributed by atoms with van der Waals surface area (Å²) in [7, 11) is 0. The second kappa shape index (κ2) is 8.59. The van der Waals surface area contributed by atoms with Crippen LogP contribution < -0.4 is 0 Å². The van der Waals surface area contributed by atoms with E-state index in [1.807, 2.05) is 12.1 Å². The lowest BCUT2D eigenvalue weighted by atomic mass is 9.81. The number of rotatable bonds is 3. The number of aromatic nitrogens is 2. The number of fused-ring (bicyclic) bond motifs is 6. The lowest BCUT2D eigenvalue weighted by Gasteiger charge is -2.23. The van der Waals surface area contributed by atoms with E-state index in [9.17, 15) is 0 Å². The molecule has 2 aliphatic rings. The first kappa shape index (κ1) is 23.1. The highest BCUT2D eigenvalue weighted by Crippen LogP contribution is 2.55. The molecule has 1 atom stereocenters. The zero-order valence-corrected chi connectivity index (χ0v) is 22.6. The van der Waals surface area contributed by atoms with Crippen molar-refractivity contribution in [1.29, 1.82) is 0 Å². The Balaban J connectivity index is 1.39.